The summed E-state index contributed by atoms with van der Waals surface area (Å²) in [4.78, 5) is 54.1. The van der Waals surface area contributed by atoms with E-state index in [1.54, 1.807) is 47.4 Å². The van der Waals surface area contributed by atoms with E-state index >= 15 is 0 Å². The van der Waals surface area contributed by atoms with Crippen LogP contribution in [0.4, 0.5) is 10.7 Å². The molecule has 0 radical (unpaired) electrons. The number of aryl methyl sites for hydroxylation is 1. The third kappa shape index (κ3) is 5.71. The van der Waals surface area contributed by atoms with Gasteiger partial charge in [0, 0.05) is 35.2 Å². The SMILES string of the molecule is CC(=O)N1CCc2c(sc(NC(=O)c3cccc(NC(=O)c4ccc(Br)o4)c3)c2C(=O)c2ccc(C)cc2)C1. The van der Waals surface area contributed by atoms with Crippen LogP contribution in [-0.2, 0) is 17.8 Å². The summed E-state index contributed by atoms with van der Waals surface area (Å²) in [6.45, 7) is 4.38. The number of thiophene rings is 1. The van der Waals surface area contributed by atoms with Crippen LogP contribution in [0, 0.1) is 6.92 Å². The molecule has 198 valence electrons. The van der Waals surface area contributed by atoms with Gasteiger partial charge in [0.1, 0.15) is 5.00 Å². The van der Waals surface area contributed by atoms with Gasteiger partial charge in [0.2, 0.25) is 5.91 Å². The molecule has 3 heterocycles. The van der Waals surface area contributed by atoms with Crippen molar-refractivity contribution in [3.05, 3.63) is 104 Å². The quantitative estimate of drug-likeness (QED) is 0.260. The molecule has 1 aliphatic heterocycles. The molecule has 2 aromatic carbocycles. The van der Waals surface area contributed by atoms with Gasteiger partial charge in [0.25, 0.3) is 11.8 Å². The minimum atomic E-state index is -0.454. The number of benzene rings is 2. The number of halogens is 1. The Balaban J connectivity index is 1.43. The Hall–Kier alpha value is -4.02. The van der Waals surface area contributed by atoms with Gasteiger partial charge in [-0.15, -0.1) is 11.3 Å². The lowest BCUT2D eigenvalue weighted by molar-refractivity contribution is -0.129. The fourth-order valence-corrected chi connectivity index (χ4v) is 5.95. The van der Waals surface area contributed by atoms with Crippen LogP contribution >= 0.6 is 27.3 Å². The molecule has 0 bridgehead atoms. The number of rotatable bonds is 6. The van der Waals surface area contributed by atoms with Crippen molar-refractivity contribution in [2.24, 2.45) is 0 Å². The van der Waals surface area contributed by atoms with Gasteiger partial charge in [-0.25, -0.2) is 0 Å². The monoisotopic (exact) mass is 605 g/mol. The van der Waals surface area contributed by atoms with E-state index in [0.717, 1.165) is 16.0 Å². The van der Waals surface area contributed by atoms with Crippen molar-refractivity contribution < 1.29 is 23.6 Å². The largest absolute Gasteiger partial charge is 0.444 e. The van der Waals surface area contributed by atoms with Crippen molar-refractivity contribution in [1.82, 2.24) is 4.90 Å². The predicted molar refractivity (Wildman–Crippen MR) is 152 cm³/mol. The second kappa shape index (κ2) is 11.0. The molecule has 0 saturated heterocycles. The van der Waals surface area contributed by atoms with Gasteiger partial charge in [0.05, 0.1) is 12.1 Å². The molecule has 3 amide bonds. The van der Waals surface area contributed by atoms with Gasteiger partial charge >= 0.3 is 0 Å². The zero-order valence-electron chi connectivity index (χ0n) is 21.2. The Morgan fingerprint density at radius 1 is 0.949 bits per heavy atom. The second-order valence-electron chi connectivity index (χ2n) is 9.19. The number of hydrogen-bond donors (Lipinski definition) is 2. The fraction of sp³-hybridized carbons (Fsp3) is 0.172. The number of amides is 3. The fourth-order valence-electron chi connectivity index (χ4n) is 4.39. The van der Waals surface area contributed by atoms with Crippen LogP contribution in [0.1, 0.15) is 59.8 Å². The first-order valence-electron chi connectivity index (χ1n) is 12.2. The highest BCUT2D eigenvalue weighted by Gasteiger charge is 2.30. The van der Waals surface area contributed by atoms with Gasteiger partial charge < -0.3 is 20.0 Å². The second-order valence-corrected chi connectivity index (χ2v) is 11.1. The topological polar surface area (TPSA) is 109 Å². The van der Waals surface area contributed by atoms with E-state index in [2.05, 4.69) is 26.6 Å². The number of fused-ring (bicyclic) bond motifs is 1. The van der Waals surface area contributed by atoms with Crippen LogP contribution < -0.4 is 10.6 Å². The summed E-state index contributed by atoms with van der Waals surface area (Å²) in [5.41, 5.74) is 3.61. The molecular formula is C29H24BrN3O5S. The maximum absolute atomic E-state index is 13.7. The number of anilines is 2. The molecule has 0 fully saturated rings. The molecule has 39 heavy (non-hydrogen) atoms. The van der Waals surface area contributed by atoms with E-state index in [0.29, 0.717) is 51.6 Å². The summed E-state index contributed by atoms with van der Waals surface area (Å²) < 4.78 is 5.72. The van der Waals surface area contributed by atoms with Gasteiger partial charge in [-0.2, -0.15) is 0 Å². The number of hydrogen-bond acceptors (Lipinski definition) is 6. The van der Waals surface area contributed by atoms with Crippen molar-refractivity contribution in [3.8, 4) is 0 Å². The third-order valence-electron chi connectivity index (χ3n) is 6.45. The van der Waals surface area contributed by atoms with Crippen LogP contribution in [0.15, 0.2) is 69.8 Å². The van der Waals surface area contributed by atoms with Gasteiger partial charge in [0.15, 0.2) is 16.2 Å². The van der Waals surface area contributed by atoms with Gasteiger partial charge in [-0.05, 0) is 65.2 Å². The molecule has 5 rings (SSSR count). The lowest BCUT2D eigenvalue weighted by atomic mass is 9.95. The smallest absolute Gasteiger partial charge is 0.291 e. The Morgan fingerprint density at radius 2 is 1.72 bits per heavy atom. The molecule has 0 aliphatic carbocycles. The van der Waals surface area contributed by atoms with E-state index in [-0.39, 0.29) is 17.5 Å². The Morgan fingerprint density at radius 3 is 2.41 bits per heavy atom. The minimum Gasteiger partial charge on any atom is -0.444 e. The predicted octanol–water partition coefficient (Wildman–Crippen LogP) is 6.05. The van der Waals surface area contributed by atoms with E-state index in [1.165, 1.54) is 24.3 Å². The third-order valence-corrected chi connectivity index (χ3v) is 8.01. The van der Waals surface area contributed by atoms with E-state index in [4.69, 9.17) is 4.42 Å². The summed E-state index contributed by atoms with van der Waals surface area (Å²) >= 11 is 4.48. The molecule has 4 aromatic rings. The van der Waals surface area contributed by atoms with E-state index < -0.39 is 11.8 Å². The first kappa shape index (κ1) is 26.6. The highest BCUT2D eigenvalue weighted by molar-refractivity contribution is 9.10. The summed E-state index contributed by atoms with van der Waals surface area (Å²) in [5, 5.41) is 6.08. The zero-order chi connectivity index (χ0) is 27.7. The maximum atomic E-state index is 13.7. The lowest BCUT2D eigenvalue weighted by Crippen LogP contribution is -2.33. The average molecular weight is 606 g/mol. The van der Waals surface area contributed by atoms with Crippen LogP contribution in [-0.4, -0.2) is 34.9 Å². The van der Waals surface area contributed by atoms with Crippen LogP contribution in [0.25, 0.3) is 0 Å². The average Bonchev–Trinajstić information content (AvgIpc) is 3.51. The highest BCUT2D eigenvalue weighted by Crippen LogP contribution is 2.39. The summed E-state index contributed by atoms with van der Waals surface area (Å²) in [5.74, 6) is -0.965. The molecule has 0 saturated carbocycles. The zero-order valence-corrected chi connectivity index (χ0v) is 23.6. The van der Waals surface area contributed by atoms with Gasteiger partial charge in [-0.1, -0.05) is 35.9 Å². The maximum Gasteiger partial charge on any atom is 0.291 e. The van der Waals surface area contributed by atoms with Crippen molar-refractivity contribution in [2.45, 2.75) is 26.8 Å². The van der Waals surface area contributed by atoms with Crippen LogP contribution in [0.2, 0.25) is 0 Å². The van der Waals surface area contributed by atoms with Crippen LogP contribution in [0.3, 0.4) is 0 Å². The van der Waals surface area contributed by atoms with Crippen molar-refractivity contribution in [2.75, 3.05) is 17.2 Å². The number of carbonyl (C=O) groups excluding carboxylic acids is 4. The summed E-state index contributed by atoms with van der Waals surface area (Å²) in [6, 6.07) is 17.0. The number of nitrogens with one attached hydrogen (secondary N) is 2. The number of nitrogens with zero attached hydrogens (tertiary/aromatic N) is 1. The highest BCUT2D eigenvalue weighted by atomic mass is 79.9. The number of carbonyl (C=O) groups is 4. The Bertz CT molecular complexity index is 1610. The van der Waals surface area contributed by atoms with Gasteiger partial charge in [-0.3, -0.25) is 19.2 Å². The van der Waals surface area contributed by atoms with Crippen molar-refractivity contribution in [3.63, 3.8) is 0 Å². The molecule has 10 heteroatoms. The summed E-state index contributed by atoms with van der Waals surface area (Å²) in [6.07, 6.45) is 0.526. The Labute approximate surface area is 237 Å². The minimum absolute atomic E-state index is 0.0354. The molecule has 0 unspecified atom stereocenters. The molecular weight excluding hydrogens is 582 g/mol. The molecule has 2 N–H and O–H groups in total. The normalized spacial score (nSPS) is 12.5. The number of furan rings is 1. The standard InChI is InChI=1S/C29H24BrN3O5S/c1-16-6-8-18(9-7-16)26(35)25-21-12-13-33(17(2)34)15-23(21)39-29(25)32-27(36)19-4-3-5-20(14-19)31-28(37)22-10-11-24(30)38-22/h3-11,14H,12-13,15H2,1-2H3,(H,31,37)(H,32,36). The van der Waals surface area contributed by atoms with Crippen molar-refractivity contribution >= 4 is 61.5 Å². The van der Waals surface area contributed by atoms with E-state index in [1.807, 2.05) is 19.1 Å². The van der Waals surface area contributed by atoms with Crippen LogP contribution in [0.5, 0.6) is 0 Å². The molecule has 0 atom stereocenters. The molecule has 0 spiro atoms. The molecule has 2 aromatic heterocycles. The van der Waals surface area contributed by atoms with Crippen molar-refractivity contribution in [1.29, 1.82) is 0 Å². The molecule has 1 aliphatic rings. The molecule has 8 nitrogen and oxygen atoms in total. The van der Waals surface area contributed by atoms with E-state index in [9.17, 15) is 19.2 Å². The number of ketones is 1. The first-order valence-corrected chi connectivity index (χ1v) is 13.8. The summed E-state index contributed by atoms with van der Waals surface area (Å²) in [7, 11) is 0. The lowest BCUT2D eigenvalue weighted by Gasteiger charge is -2.26. The first-order chi connectivity index (χ1) is 18.7. The Kier molecular flexibility index (Phi) is 7.49.